The maximum Gasteiger partial charge on any atom is 0.326 e. The molecule has 1 saturated carbocycles. The Morgan fingerprint density at radius 1 is 1.17 bits per heavy atom. The third-order valence-electron chi connectivity index (χ3n) is 4.22. The maximum atomic E-state index is 11.9. The van der Waals surface area contributed by atoms with Crippen molar-refractivity contribution in [3.63, 3.8) is 0 Å². The molecule has 18 heavy (non-hydrogen) atoms. The van der Waals surface area contributed by atoms with Crippen LogP contribution in [0.1, 0.15) is 38.5 Å². The lowest BCUT2D eigenvalue weighted by molar-refractivity contribution is -0.126. The van der Waals surface area contributed by atoms with Crippen LogP contribution >= 0.6 is 12.6 Å². The van der Waals surface area contributed by atoms with Gasteiger partial charge in [0.1, 0.15) is 6.54 Å². The van der Waals surface area contributed by atoms with E-state index in [4.69, 9.17) is 0 Å². The molecule has 2 rings (SSSR count). The van der Waals surface area contributed by atoms with Crippen LogP contribution < -0.4 is 0 Å². The largest absolute Gasteiger partial charge is 0.326 e. The molecular weight excluding hydrogens is 248 g/mol. The van der Waals surface area contributed by atoms with Gasteiger partial charge in [-0.3, -0.25) is 9.69 Å². The average Bonchev–Trinajstić information content (AvgIpc) is 2.58. The number of nitrogens with zero attached hydrogens (tertiary/aromatic N) is 2. The standard InChI is InChI=1S/C13H22N2O2S/c1-14-8-11(16)15(12(14)17)9-13(10-18)6-4-2-3-5-7-13/h18H,2-10H2,1H3. The summed E-state index contributed by atoms with van der Waals surface area (Å²) in [6, 6.07) is -0.148. The highest BCUT2D eigenvalue weighted by molar-refractivity contribution is 7.80. The minimum absolute atomic E-state index is 0.0378. The second-order valence-corrected chi connectivity index (χ2v) is 6.01. The Morgan fingerprint density at radius 2 is 1.78 bits per heavy atom. The summed E-state index contributed by atoms with van der Waals surface area (Å²) in [4.78, 5) is 26.7. The third-order valence-corrected chi connectivity index (χ3v) is 4.89. The zero-order chi connectivity index (χ0) is 13.2. The van der Waals surface area contributed by atoms with Crippen molar-refractivity contribution in [2.24, 2.45) is 5.41 Å². The average molecular weight is 270 g/mol. The molecule has 102 valence electrons. The predicted molar refractivity (Wildman–Crippen MR) is 73.7 cm³/mol. The normalized spacial score (nSPS) is 24.6. The van der Waals surface area contributed by atoms with E-state index in [-0.39, 0.29) is 23.9 Å². The topological polar surface area (TPSA) is 40.6 Å². The molecule has 0 radical (unpaired) electrons. The Kier molecular flexibility index (Phi) is 4.20. The first-order valence-corrected chi connectivity index (χ1v) is 7.38. The highest BCUT2D eigenvalue weighted by Gasteiger charge is 2.40. The van der Waals surface area contributed by atoms with Crippen molar-refractivity contribution in [2.45, 2.75) is 38.5 Å². The van der Waals surface area contributed by atoms with Crippen LogP contribution in [-0.4, -0.2) is 47.6 Å². The van der Waals surface area contributed by atoms with Crippen LogP contribution in [0.2, 0.25) is 0 Å². The van der Waals surface area contributed by atoms with Crippen molar-refractivity contribution >= 4 is 24.6 Å². The molecule has 2 aliphatic rings. The summed E-state index contributed by atoms with van der Waals surface area (Å²) >= 11 is 4.49. The third kappa shape index (κ3) is 2.66. The van der Waals surface area contributed by atoms with Crippen LogP contribution in [0.3, 0.4) is 0 Å². The zero-order valence-electron chi connectivity index (χ0n) is 11.0. The van der Waals surface area contributed by atoms with E-state index in [0.29, 0.717) is 6.54 Å². The lowest BCUT2D eigenvalue weighted by atomic mass is 9.81. The molecule has 0 bridgehead atoms. The number of amides is 3. The SMILES string of the molecule is CN1CC(=O)N(CC2(CS)CCCCCC2)C1=O. The van der Waals surface area contributed by atoms with Gasteiger partial charge in [-0.2, -0.15) is 12.6 Å². The lowest BCUT2D eigenvalue weighted by Crippen LogP contribution is -2.42. The molecule has 4 nitrogen and oxygen atoms in total. The second kappa shape index (κ2) is 5.51. The molecule has 0 aromatic heterocycles. The first kappa shape index (κ1) is 13.7. The Labute approximate surface area is 114 Å². The maximum absolute atomic E-state index is 11.9. The molecule has 2 fully saturated rings. The van der Waals surface area contributed by atoms with Gasteiger partial charge in [0.25, 0.3) is 0 Å². The van der Waals surface area contributed by atoms with E-state index in [0.717, 1.165) is 18.6 Å². The highest BCUT2D eigenvalue weighted by atomic mass is 32.1. The fraction of sp³-hybridized carbons (Fsp3) is 0.846. The van der Waals surface area contributed by atoms with E-state index < -0.39 is 0 Å². The van der Waals surface area contributed by atoms with Gasteiger partial charge in [-0.15, -0.1) is 0 Å². The number of carbonyl (C=O) groups excluding carboxylic acids is 2. The van der Waals surface area contributed by atoms with Crippen molar-refractivity contribution < 1.29 is 9.59 Å². The number of hydrogen-bond donors (Lipinski definition) is 1. The molecule has 3 amide bonds. The quantitative estimate of drug-likeness (QED) is 0.485. The number of carbonyl (C=O) groups is 2. The van der Waals surface area contributed by atoms with E-state index in [1.54, 1.807) is 7.05 Å². The van der Waals surface area contributed by atoms with Crippen LogP contribution in [0.5, 0.6) is 0 Å². The van der Waals surface area contributed by atoms with E-state index in [9.17, 15) is 9.59 Å². The van der Waals surface area contributed by atoms with E-state index in [1.165, 1.54) is 35.5 Å². The Morgan fingerprint density at radius 3 is 2.22 bits per heavy atom. The number of hydrogen-bond acceptors (Lipinski definition) is 3. The summed E-state index contributed by atoms with van der Waals surface area (Å²) in [5.41, 5.74) is 0.0378. The van der Waals surface area contributed by atoms with Gasteiger partial charge in [-0.1, -0.05) is 25.7 Å². The fourth-order valence-corrected chi connectivity index (χ4v) is 3.42. The van der Waals surface area contributed by atoms with Gasteiger partial charge >= 0.3 is 6.03 Å². The molecule has 0 N–H and O–H groups in total. The van der Waals surface area contributed by atoms with Gasteiger partial charge in [-0.25, -0.2) is 4.79 Å². The minimum Gasteiger partial charge on any atom is -0.318 e. The van der Waals surface area contributed by atoms with E-state index in [2.05, 4.69) is 12.6 Å². The van der Waals surface area contributed by atoms with Crippen molar-refractivity contribution in [1.82, 2.24) is 9.80 Å². The Hall–Kier alpha value is -0.710. The molecular formula is C13H22N2O2S. The summed E-state index contributed by atoms with van der Waals surface area (Å²) < 4.78 is 0. The van der Waals surface area contributed by atoms with Gasteiger partial charge in [0.15, 0.2) is 0 Å². The van der Waals surface area contributed by atoms with Crippen LogP contribution in [-0.2, 0) is 4.79 Å². The van der Waals surface area contributed by atoms with Gasteiger partial charge in [0.2, 0.25) is 5.91 Å². The molecule has 5 heteroatoms. The predicted octanol–water partition coefficient (Wildman–Crippen LogP) is 2.15. The number of urea groups is 1. The second-order valence-electron chi connectivity index (χ2n) is 5.69. The number of rotatable bonds is 3. The van der Waals surface area contributed by atoms with Crippen LogP contribution in [0.25, 0.3) is 0 Å². The van der Waals surface area contributed by atoms with Crippen LogP contribution in [0, 0.1) is 5.41 Å². The first-order chi connectivity index (χ1) is 8.58. The van der Waals surface area contributed by atoms with Gasteiger partial charge < -0.3 is 4.90 Å². The van der Waals surface area contributed by atoms with Gasteiger partial charge in [-0.05, 0) is 24.0 Å². The molecule has 1 heterocycles. The van der Waals surface area contributed by atoms with Crippen molar-refractivity contribution in [1.29, 1.82) is 0 Å². The van der Waals surface area contributed by atoms with E-state index >= 15 is 0 Å². The number of likely N-dealkylation sites (N-methyl/N-ethyl adjacent to an activating group) is 1. The molecule has 0 unspecified atom stereocenters. The first-order valence-electron chi connectivity index (χ1n) is 6.74. The molecule has 0 spiro atoms. The van der Waals surface area contributed by atoms with Gasteiger partial charge in [0.05, 0.1) is 0 Å². The van der Waals surface area contributed by atoms with Crippen molar-refractivity contribution in [3.05, 3.63) is 0 Å². The molecule has 0 aromatic carbocycles. The molecule has 1 aliphatic heterocycles. The zero-order valence-corrected chi connectivity index (χ0v) is 11.9. The lowest BCUT2D eigenvalue weighted by Gasteiger charge is -2.34. The van der Waals surface area contributed by atoms with Crippen LogP contribution in [0.15, 0.2) is 0 Å². The van der Waals surface area contributed by atoms with Crippen molar-refractivity contribution in [2.75, 3.05) is 25.9 Å². The Bertz CT molecular complexity index is 338. The van der Waals surface area contributed by atoms with Crippen molar-refractivity contribution in [3.8, 4) is 0 Å². The monoisotopic (exact) mass is 270 g/mol. The van der Waals surface area contributed by atoms with E-state index in [1.807, 2.05) is 0 Å². The smallest absolute Gasteiger partial charge is 0.318 e. The highest BCUT2D eigenvalue weighted by Crippen LogP contribution is 2.37. The summed E-state index contributed by atoms with van der Waals surface area (Å²) in [5, 5.41) is 0. The van der Waals surface area contributed by atoms with Crippen LogP contribution in [0.4, 0.5) is 4.79 Å². The molecule has 0 atom stereocenters. The number of thiol groups is 1. The summed E-state index contributed by atoms with van der Waals surface area (Å²) in [7, 11) is 1.68. The number of imide groups is 1. The molecule has 1 aliphatic carbocycles. The fourth-order valence-electron chi connectivity index (χ4n) is 3.00. The Balaban J connectivity index is 2.09. The molecule has 1 saturated heterocycles. The minimum atomic E-state index is -0.148. The summed E-state index contributed by atoms with van der Waals surface area (Å²) in [6.07, 6.45) is 7.06. The summed E-state index contributed by atoms with van der Waals surface area (Å²) in [6.45, 7) is 0.778. The van der Waals surface area contributed by atoms with Gasteiger partial charge in [0, 0.05) is 13.6 Å². The summed E-state index contributed by atoms with van der Waals surface area (Å²) in [5.74, 6) is 0.696. The molecule has 0 aromatic rings.